The third kappa shape index (κ3) is 8.10. The van der Waals surface area contributed by atoms with Crippen molar-refractivity contribution in [2.45, 2.75) is 124 Å². The molecule has 4 aliphatic rings. The molecule has 0 aromatic heterocycles. The number of hydrogen-bond acceptors (Lipinski definition) is 24. The van der Waals surface area contributed by atoms with E-state index in [1.54, 1.807) is 0 Å². The molecule has 7 N–H and O–H groups in total. The van der Waals surface area contributed by atoms with Crippen molar-refractivity contribution in [1.29, 1.82) is 0 Å². The van der Waals surface area contributed by atoms with Gasteiger partial charge in [-0.25, -0.2) is 0 Å². The molecule has 0 bridgehead atoms. The molecular formula is C27H38O24-4. The maximum atomic E-state index is 12.1. The predicted molar refractivity (Wildman–Crippen MR) is 140 cm³/mol. The van der Waals surface area contributed by atoms with Crippen LogP contribution in [0.2, 0.25) is 0 Å². The number of aliphatic hydroxyl groups excluding tert-OH is 7. The van der Waals surface area contributed by atoms with E-state index in [2.05, 4.69) is 0 Å². The Bertz CT molecular complexity index is 1260. The van der Waals surface area contributed by atoms with Crippen LogP contribution in [0.4, 0.5) is 0 Å². The lowest BCUT2D eigenvalue weighted by molar-refractivity contribution is -0.400. The quantitative estimate of drug-likeness (QED) is 0.0974. The summed E-state index contributed by atoms with van der Waals surface area (Å²) in [6, 6.07) is 0. The van der Waals surface area contributed by atoms with Gasteiger partial charge in [-0.3, -0.25) is 0 Å². The molecule has 0 aliphatic carbocycles. The van der Waals surface area contributed by atoms with E-state index in [0.717, 1.165) is 21.1 Å². The molecule has 20 atom stereocenters. The Morgan fingerprint density at radius 1 is 0.451 bits per heavy atom. The van der Waals surface area contributed by atoms with Crippen molar-refractivity contribution in [2.75, 3.05) is 14.2 Å². The first-order valence-electron chi connectivity index (χ1n) is 15.1. The zero-order valence-electron chi connectivity index (χ0n) is 26.6. The van der Waals surface area contributed by atoms with Crippen molar-refractivity contribution in [2.24, 2.45) is 5.92 Å². The fraction of sp³-hybridized carbons (Fsp3) is 0.852. The van der Waals surface area contributed by atoms with Crippen LogP contribution in [0.3, 0.4) is 0 Å². The van der Waals surface area contributed by atoms with Crippen LogP contribution in [0.15, 0.2) is 0 Å². The van der Waals surface area contributed by atoms with Crippen LogP contribution in [-0.4, -0.2) is 191 Å². The summed E-state index contributed by atoms with van der Waals surface area (Å²) in [6.07, 6.45) is -39.9. The number of carbonyl (C=O) groups excluding carboxylic acids is 4. The summed E-state index contributed by atoms with van der Waals surface area (Å²) in [5, 5.41) is 122. The molecule has 0 aromatic carbocycles. The Labute approximate surface area is 287 Å². The number of hydrogen-bond donors (Lipinski definition) is 7. The van der Waals surface area contributed by atoms with Gasteiger partial charge < -0.3 is 118 Å². The minimum atomic E-state index is -2.46. The van der Waals surface area contributed by atoms with Crippen molar-refractivity contribution in [1.82, 2.24) is 0 Å². The highest BCUT2D eigenvalue weighted by Gasteiger charge is 2.55. The van der Waals surface area contributed by atoms with Gasteiger partial charge in [0.2, 0.25) is 0 Å². The molecule has 294 valence electrons. The molecule has 24 nitrogen and oxygen atoms in total. The Balaban J connectivity index is 0.00000729. The summed E-state index contributed by atoms with van der Waals surface area (Å²) in [7, 11) is 2.00. The second-order valence-electron chi connectivity index (χ2n) is 12.0. The van der Waals surface area contributed by atoms with Gasteiger partial charge >= 0.3 is 0 Å². The third-order valence-electron chi connectivity index (χ3n) is 8.86. The van der Waals surface area contributed by atoms with E-state index in [1.807, 2.05) is 0 Å². The first-order chi connectivity index (χ1) is 23.9. The molecule has 0 spiro atoms. The van der Waals surface area contributed by atoms with Crippen LogP contribution in [-0.2, 0) is 61.8 Å². The van der Waals surface area contributed by atoms with Gasteiger partial charge in [-0.1, -0.05) is 6.92 Å². The monoisotopic (exact) mass is 746 g/mol. The minimum absolute atomic E-state index is 0. The lowest BCUT2D eigenvalue weighted by atomic mass is 9.89. The maximum absolute atomic E-state index is 12.1. The zero-order valence-corrected chi connectivity index (χ0v) is 26.6. The second-order valence-corrected chi connectivity index (χ2v) is 12.0. The van der Waals surface area contributed by atoms with E-state index in [0.29, 0.717) is 0 Å². The molecule has 0 amide bonds. The Morgan fingerprint density at radius 3 is 1.12 bits per heavy atom. The highest BCUT2D eigenvalue weighted by molar-refractivity contribution is 5.72. The molecule has 4 fully saturated rings. The first-order valence-corrected chi connectivity index (χ1v) is 15.1. The number of methoxy groups -OCH3 is 2. The van der Waals surface area contributed by atoms with Crippen LogP contribution in [0, 0.1) is 5.92 Å². The molecule has 51 heavy (non-hydrogen) atoms. The van der Waals surface area contributed by atoms with Gasteiger partial charge in [0.15, 0.2) is 25.2 Å². The van der Waals surface area contributed by atoms with Crippen molar-refractivity contribution >= 4 is 23.9 Å². The van der Waals surface area contributed by atoms with Crippen molar-refractivity contribution < 1.29 is 119 Å². The third-order valence-corrected chi connectivity index (χ3v) is 8.86. The highest BCUT2D eigenvalue weighted by atomic mass is 16.8. The molecule has 0 radical (unpaired) electrons. The van der Waals surface area contributed by atoms with Gasteiger partial charge in [0.05, 0.1) is 30.0 Å². The maximum Gasteiger partial charge on any atom is 0.187 e. The average molecular weight is 747 g/mol. The molecular weight excluding hydrogens is 708 g/mol. The number of aliphatic hydroxyl groups is 7. The van der Waals surface area contributed by atoms with Crippen LogP contribution >= 0.6 is 0 Å². The van der Waals surface area contributed by atoms with Gasteiger partial charge in [-0.15, -0.1) is 0 Å². The molecule has 4 heterocycles. The first kappa shape index (κ1) is 41.0. The van der Waals surface area contributed by atoms with Gasteiger partial charge in [0.1, 0.15) is 85.5 Å². The van der Waals surface area contributed by atoms with E-state index in [-0.39, 0.29) is 1.43 Å². The number of carboxylic acid groups (broad SMARTS) is 4. The number of rotatable bonds is 12. The fourth-order valence-electron chi connectivity index (χ4n) is 6.05. The van der Waals surface area contributed by atoms with Gasteiger partial charge in [0.25, 0.3) is 0 Å². The standard InChI is InChI=1S/C27H40O24.H2/c1-4-5(28)25(49-16(20(35)36)12(4)45-26-10(33)6(29)13(43-2)17(50-26)21(37)38)46-15-8(31)11(34)27(51-19(15)23(41)42)47-14-7(30)9(32)24(44-3)48-18(14)22(39)40;/h4-19,24-34H,1-3H3,(H,35,36)(H,37,38)(H,39,40)(H,41,42);1H/p-4/t4?,5?,6-,7?,8?,9?,10?,11+,12-,13-,14-,15-,16?,17?,18+,19?,24+,25+,26+,27+;/m0./s1. The normalized spacial score (nSPS) is 47.7. The van der Waals surface area contributed by atoms with Crippen molar-refractivity contribution in [3.8, 4) is 0 Å². The SMILES string of the molecule is CO[C@@H]1O[C@@H](C(=O)[O-])[C@@H](O[C@@H]2OC(C(=O)[O-])[C@@H](O[C@@H]3OC(C(=O)[O-])[C@@H](O[C@@H]4OC(C(=O)[O-])[C@@H](OC)[C@@H](O)C4O)C(C)C3O)C(O)[C@H]2O)C(O)C1O.[HH]. The Hall–Kier alpha value is -2.76. The van der Waals surface area contributed by atoms with Crippen LogP contribution in [0.1, 0.15) is 8.35 Å². The lowest BCUT2D eigenvalue weighted by Gasteiger charge is -2.50. The van der Waals surface area contributed by atoms with Crippen LogP contribution in [0.25, 0.3) is 0 Å². The number of ether oxygens (including phenoxy) is 9. The summed E-state index contributed by atoms with van der Waals surface area (Å²) in [5.41, 5.74) is 0. The predicted octanol–water partition coefficient (Wildman–Crippen LogP) is -11.9. The second kappa shape index (κ2) is 16.5. The summed E-state index contributed by atoms with van der Waals surface area (Å²) in [5.74, 6) is -9.57. The van der Waals surface area contributed by atoms with Crippen LogP contribution in [0.5, 0.6) is 0 Å². The van der Waals surface area contributed by atoms with E-state index in [1.165, 1.54) is 0 Å². The number of carbonyl (C=O) groups is 4. The largest absolute Gasteiger partial charge is 0.547 e. The number of carboxylic acids is 4. The molecule has 4 aliphatic heterocycles. The molecule has 0 saturated carbocycles. The lowest BCUT2D eigenvalue weighted by Crippen LogP contribution is -2.69. The molecule has 9 unspecified atom stereocenters. The van der Waals surface area contributed by atoms with Gasteiger partial charge in [0, 0.05) is 21.6 Å². The summed E-state index contributed by atoms with van der Waals surface area (Å²) in [4.78, 5) is 47.5. The summed E-state index contributed by atoms with van der Waals surface area (Å²) >= 11 is 0. The minimum Gasteiger partial charge on any atom is -0.547 e. The molecule has 4 saturated heterocycles. The zero-order chi connectivity index (χ0) is 38.2. The average Bonchev–Trinajstić information content (AvgIpc) is 3.07. The van der Waals surface area contributed by atoms with Crippen molar-refractivity contribution in [3.63, 3.8) is 0 Å². The Kier molecular flexibility index (Phi) is 13.3. The van der Waals surface area contributed by atoms with Gasteiger partial charge in [-0.05, 0) is 0 Å². The molecule has 0 aromatic rings. The molecule has 24 heteroatoms. The summed E-state index contributed by atoms with van der Waals surface area (Å²) < 4.78 is 46.1. The Morgan fingerprint density at radius 2 is 0.745 bits per heavy atom. The highest BCUT2D eigenvalue weighted by Crippen LogP contribution is 2.36. The van der Waals surface area contributed by atoms with Crippen molar-refractivity contribution in [3.05, 3.63) is 0 Å². The van der Waals surface area contributed by atoms with E-state index < -0.39 is 147 Å². The topological polar surface area (TPSA) is 385 Å². The van der Waals surface area contributed by atoms with Gasteiger partial charge in [-0.2, -0.15) is 0 Å². The van der Waals surface area contributed by atoms with E-state index in [4.69, 9.17) is 42.6 Å². The smallest absolute Gasteiger partial charge is 0.187 e. The van der Waals surface area contributed by atoms with Crippen LogP contribution < -0.4 is 20.4 Å². The van der Waals surface area contributed by atoms with E-state index >= 15 is 0 Å². The fourth-order valence-corrected chi connectivity index (χ4v) is 6.05. The van der Waals surface area contributed by atoms with E-state index in [9.17, 15) is 75.3 Å². The summed E-state index contributed by atoms with van der Waals surface area (Å²) in [6.45, 7) is 1.14. The number of aliphatic carboxylic acids is 4. The molecule has 4 rings (SSSR count).